The first-order chi connectivity index (χ1) is 46.6. The Morgan fingerprint density at radius 3 is 0.842 bits per heavy atom. The summed E-state index contributed by atoms with van der Waals surface area (Å²) < 4.78 is 22.8. The van der Waals surface area contributed by atoms with Gasteiger partial charge in [0.25, 0.3) is 0 Å². The maximum absolute atomic E-state index is 13.0. The standard InChI is InChI=1S/C86H141NO8/c1-6-8-10-12-14-16-18-20-22-24-26-28-30-32-34-36-37-38-39-40-41-42-43-44-45-46-47-49-51-53-55-57-59-61-63-65-67-69-71-73-75-77-84(89)95-82(81-94-86(85(90)91)92-79-78-87(3,4)5)80-93-83(88)76-74-72-70-68-66-64-62-60-58-56-54-52-50-48-35-33-31-29-27-25-23-21-19-17-15-13-11-9-7-2/h8-11,14-17,20-23,26-29,32,34,37-38,40-41,43-44,46-47,51,53,82,86H,6-7,12-13,18-19,24-25,30-31,33,35-36,39,42,45,48-50,52,54-81H2,1-5H3/b10-8-,11-9-,16-14-,17-15-,22-20-,23-21-,28-26-,29-27-,34-32-,38-37-,41-40-,44-43-,47-46-,53-51-. The van der Waals surface area contributed by atoms with Gasteiger partial charge in [0.15, 0.2) is 12.4 Å². The molecule has 0 amide bonds. The Morgan fingerprint density at radius 1 is 0.316 bits per heavy atom. The third kappa shape index (κ3) is 75.9. The second kappa shape index (κ2) is 74.4. The van der Waals surface area contributed by atoms with Gasteiger partial charge < -0.3 is 33.3 Å². The van der Waals surface area contributed by atoms with Gasteiger partial charge in [0, 0.05) is 12.8 Å². The van der Waals surface area contributed by atoms with Gasteiger partial charge in [-0.1, -0.05) is 325 Å². The summed E-state index contributed by atoms with van der Waals surface area (Å²) in [7, 11) is 5.93. The summed E-state index contributed by atoms with van der Waals surface area (Å²) in [5, 5.41) is 11.9. The number of carboxylic acid groups (broad SMARTS) is 1. The van der Waals surface area contributed by atoms with Crippen LogP contribution in [0.4, 0.5) is 0 Å². The molecule has 0 fully saturated rings. The van der Waals surface area contributed by atoms with Crippen molar-refractivity contribution in [1.82, 2.24) is 0 Å². The lowest BCUT2D eigenvalue weighted by Crippen LogP contribution is -2.44. The smallest absolute Gasteiger partial charge is 0.306 e. The van der Waals surface area contributed by atoms with E-state index >= 15 is 0 Å². The van der Waals surface area contributed by atoms with E-state index in [0.717, 1.165) is 135 Å². The molecule has 0 aliphatic carbocycles. The number of rotatable bonds is 69. The number of nitrogens with zero attached hydrogens (tertiary/aromatic N) is 1. The van der Waals surface area contributed by atoms with Crippen LogP contribution in [-0.4, -0.2) is 82.3 Å². The van der Waals surface area contributed by atoms with Gasteiger partial charge in [-0.3, -0.25) is 9.59 Å². The molecular weight excluding hydrogens is 1170 g/mol. The normalized spacial score (nSPS) is 13.7. The minimum atomic E-state index is -1.63. The fourth-order valence-electron chi connectivity index (χ4n) is 10.2. The van der Waals surface area contributed by atoms with E-state index in [1.165, 1.54) is 128 Å². The second-order valence-corrected chi connectivity index (χ2v) is 26.2. The van der Waals surface area contributed by atoms with Crippen LogP contribution in [0.2, 0.25) is 0 Å². The number of hydrogen-bond acceptors (Lipinski definition) is 8. The summed E-state index contributed by atoms with van der Waals surface area (Å²) in [5.41, 5.74) is 0. The van der Waals surface area contributed by atoms with Gasteiger partial charge >= 0.3 is 11.9 Å². The summed E-state index contributed by atoms with van der Waals surface area (Å²) in [6.45, 7) is 4.52. The van der Waals surface area contributed by atoms with E-state index in [9.17, 15) is 19.5 Å². The Balaban J connectivity index is 4.12. The lowest BCUT2D eigenvalue weighted by Gasteiger charge is -2.26. The van der Waals surface area contributed by atoms with Crippen molar-refractivity contribution in [2.24, 2.45) is 0 Å². The summed E-state index contributed by atoms with van der Waals surface area (Å²) in [5.74, 6) is -2.29. The fraction of sp³-hybridized carbons (Fsp3) is 0.640. The van der Waals surface area contributed by atoms with Crippen LogP contribution in [0.5, 0.6) is 0 Å². The molecule has 95 heavy (non-hydrogen) atoms. The number of carbonyl (C=O) groups excluding carboxylic acids is 3. The van der Waals surface area contributed by atoms with E-state index < -0.39 is 24.3 Å². The Hall–Kier alpha value is -5.35. The lowest BCUT2D eigenvalue weighted by atomic mass is 10.0. The molecule has 0 aromatic carbocycles. The lowest BCUT2D eigenvalue weighted by molar-refractivity contribution is -0.870. The van der Waals surface area contributed by atoms with Gasteiger partial charge in [-0.2, -0.15) is 0 Å². The molecule has 0 N–H and O–H groups in total. The number of carbonyl (C=O) groups is 3. The molecule has 0 heterocycles. The van der Waals surface area contributed by atoms with Crippen LogP contribution in [0.1, 0.15) is 296 Å². The van der Waals surface area contributed by atoms with Crippen LogP contribution in [-0.2, 0) is 33.3 Å². The number of unbranched alkanes of at least 4 members (excludes halogenated alkanes) is 26. The molecular formula is C86H141NO8. The van der Waals surface area contributed by atoms with Crippen molar-refractivity contribution in [1.29, 1.82) is 0 Å². The molecule has 2 unspecified atom stereocenters. The molecule has 0 spiro atoms. The average molecular weight is 1320 g/mol. The van der Waals surface area contributed by atoms with Crippen molar-refractivity contribution in [3.05, 3.63) is 170 Å². The molecule has 0 saturated carbocycles. The highest BCUT2D eigenvalue weighted by Crippen LogP contribution is 2.17. The first kappa shape index (κ1) is 89.6. The largest absolute Gasteiger partial charge is 0.545 e. The predicted octanol–water partition coefficient (Wildman–Crippen LogP) is 23.2. The SMILES string of the molecule is CC/C=C\C/C=C\C/C=C\C/C=C\C/C=C\C/C=C\C/C=C\C/C=C\C/C=C\C/C=C\CCCCCCCCCCCCC(=O)OC(COC(=O)CCCCCCCCCCCCCCCCCC/C=C\C/C=C\C/C=C\C/C=C\CC)COC(OCC[N+](C)(C)C)C(=O)[O-]. The molecule has 0 aliphatic heterocycles. The Morgan fingerprint density at radius 2 is 0.568 bits per heavy atom. The van der Waals surface area contributed by atoms with Gasteiger partial charge in [0.2, 0.25) is 0 Å². The third-order valence-electron chi connectivity index (χ3n) is 16.0. The zero-order chi connectivity index (χ0) is 69.0. The van der Waals surface area contributed by atoms with Gasteiger partial charge in [-0.05, 0) is 128 Å². The van der Waals surface area contributed by atoms with Crippen molar-refractivity contribution in [2.45, 2.75) is 309 Å². The monoisotopic (exact) mass is 1320 g/mol. The molecule has 2 atom stereocenters. The summed E-state index contributed by atoms with van der Waals surface area (Å²) in [4.78, 5) is 37.6. The maximum atomic E-state index is 13.0. The quantitative estimate of drug-likeness (QED) is 0.0195. The fourth-order valence-corrected chi connectivity index (χ4v) is 10.2. The Labute approximate surface area is 584 Å². The maximum Gasteiger partial charge on any atom is 0.306 e. The molecule has 9 nitrogen and oxygen atoms in total. The zero-order valence-corrected chi connectivity index (χ0v) is 61.5. The van der Waals surface area contributed by atoms with Crippen LogP contribution in [0.15, 0.2) is 170 Å². The summed E-state index contributed by atoms with van der Waals surface area (Å²) in [6.07, 6.45) is 109. The van der Waals surface area contributed by atoms with Crippen molar-refractivity contribution in [3.63, 3.8) is 0 Å². The zero-order valence-electron chi connectivity index (χ0n) is 61.5. The van der Waals surface area contributed by atoms with Crippen LogP contribution >= 0.6 is 0 Å². The van der Waals surface area contributed by atoms with Crippen molar-refractivity contribution < 1.29 is 42.9 Å². The third-order valence-corrected chi connectivity index (χ3v) is 16.0. The highest BCUT2D eigenvalue weighted by Gasteiger charge is 2.22. The number of likely N-dealkylation sites (N-methyl/N-ethyl adjacent to an activating group) is 1. The van der Waals surface area contributed by atoms with Crippen LogP contribution in [0, 0.1) is 0 Å². The number of ether oxygens (including phenoxy) is 4. The number of aliphatic carboxylic acids is 1. The molecule has 0 radical (unpaired) electrons. The van der Waals surface area contributed by atoms with E-state index in [1.54, 1.807) is 0 Å². The molecule has 0 bridgehead atoms. The number of hydrogen-bond donors (Lipinski definition) is 0. The molecule has 538 valence electrons. The number of quaternary nitrogens is 1. The predicted molar refractivity (Wildman–Crippen MR) is 407 cm³/mol. The Bertz CT molecular complexity index is 2170. The Kier molecular flexibility index (Phi) is 70.2. The number of carboxylic acids is 1. The second-order valence-electron chi connectivity index (χ2n) is 26.2. The van der Waals surface area contributed by atoms with Crippen molar-refractivity contribution in [3.8, 4) is 0 Å². The van der Waals surface area contributed by atoms with E-state index in [-0.39, 0.29) is 38.6 Å². The number of allylic oxidation sites excluding steroid dienone is 28. The van der Waals surface area contributed by atoms with Crippen molar-refractivity contribution >= 4 is 17.9 Å². The number of esters is 2. The summed E-state index contributed by atoms with van der Waals surface area (Å²) in [6, 6.07) is 0. The van der Waals surface area contributed by atoms with Crippen molar-refractivity contribution in [2.75, 3.05) is 47.5 Å². The highest BCUT2D eigenvalue weighted by molar-refractivity contribution is 5.70. The van der Waals surface area contributed by atoms with Crippen LogP contribution < -0.4 is 5.11 Å². The first-order valence-corrected chi connectivity index (χ1v) is 38.3. The molecule has 0 rings (SSSR count). The molecule has 0 aromatic heterocycles. The van der Waals surface area contributed by atoms with Gasteiger partial charge in [-0.25, -0.2) is 0 Å². The highest BCUT2D eigenvalue weighted by atomic mass is 16.7. The molecule has 0 aliphatic rings. The van der Waals surface area contributed by atoms with Crippen LogP contribution in [0.25, 0.3) is 0 Å². The molecule has 0 aromatic rings. The van der Waals surface area contributed by atoms with Gasteiger partial charge in [0.05, 0.1) is 40.3 Å². The van der Waals surface area contributed by atoms with Gasteiger partial charge in [-0.15, -0.1) is 0 Å². The minimum absolute atomic E-state index is 0.140. The average Bonchev–Trinajstić information content (AvgIpc) is 3.54. The minimum Gasteiger partial charge on any atom is -0.545 e. The van der Waals surface area contributed by atoms with E-state index in [4.69, 9.17) is 18.9 Å². The topological polar surface area (TPSA) is 111 Å². The molecule has 9 heteroatoms. The first-order valence-electron chi connectivity index (χ1n) is 38.3. The van der Waals surface area contributed by atoms with Crippen LogP contribution in [0.3, 0.4) is 0 Å². The summed E-state index contributed by atoms with van der Waals surface area (Å²) >= 11 is 0. The van der Waals surface area contributed by atoms with E-state index in [2.05, 4.69) is 184 Å². The molecule has 0 saturated heterocycles. The van der Waals surface area contributed by atoms with Gasteiger partial charge in [0.1, 0.15) is 13.2 Å². The van der Waals surface area contributed by atoms with E-state index in [1.807, 2.05) is 21.1 Å². The van der Waals surface area contributed by atoms with E-state index in [0.29, 0.717) is 17.4 Å².